The van der Waals surface area contributed by atoms with Crippen molar-refractivity contribution in [1.29, 1.82) is 0 Å². The first kappa shape index (κ1) is 13.1. The van der Waals surface area contributed by atoms with E-state index in [9.17, 15) is 4.79 Å². The van der Waals surface area contributed by atoms with Crippen LogP contribution in [0.4, 0.5) is 5.69 Å². The van der Waals surface area contributed by atoms with Crippen molar-refractivity contribution in [2.75, 3.05) is 33.9 Å². The lowest BCUT2D eigenvalue weighted by Gasteiger charge is -2.11. The van der Waals surface area contributed by atoms with Crippen molar-refractivity contribution in [3.63, 3.8) is 0 Å². The van der Waals surface area contributed by atoms with Crippen LogP contribution in [-0.2, 0) is 9.47 Å². The van der Waals surface area contributed by atoms with Gasteiger partial charge in [0.05, 0.1) is 25.5 Å². The van der Waals surface area contributed by atoms with Crippen LogP contribution in [0.15, 0.2) is 12.1 Å². The van der Waals surface area contributed by atoms with Gasteiger partial charge in [-0.3, -0.25) is 0 Å². The molecule has 0 unspecified atom stereocenters. The van der Waals surface area contributed by atoms with Gasteiger partial charge in [0.1, 0.15) is 11.5 Å². The normalized spacial score (nSPS) is 9.82. The Bertz CT molecular complexity index is 405. The molecule has 0 saturated heterocycles. The van der Waals surface area contributed by atoms with E-state index in [1.165, 1.54) is 27.4 Å². The van der Waals surface area contributed by atoms with Crippen LogP contribution < -0.4 is 15.2 Å². The fourth-order valence-electron chi connectivity index (χ4n) is 1.25. The molecular formula is C11H15NO5. The molecule has 0 saturated carbocycles. The Balaban J connectivity index is 3.08. The van der Waals surface area contributed by atoms with Crippen LogP contribution in [0.25, 0.3) is 0 Å². The first-order valence-electron chi connectivity index (χ1n) is 4.81. The summed E-state index contributed by atoms with van der Waals surface area (Å²) < 4.78 is 19.5. The van der Waals surface area contributed by atoms with Crippen LogP contribution in [-0.4, -0.2) is 34.1 Å². The Labute approximate surface area is 99.2 Å². The summed E-state index contributed by atoms with van der Waals surface area (Å²) in [7, 11) is 4.35. The van der Waals surface area contributed by atoms with Crippen LogP contribution >= 0.6 is 0 Å². The molecular weight excluding hydrogens is 226 g/mol. The van der Waals surface area contributed by atoms with Crippen molar-refractivity contribution >= 4 is 11.7 Å². The van der Waals surface area contributed by atoms with Gasteiger partial charge in [0.15, 0.2) is 6.79 Å². The highest BCUT2D eigenvalue weighted by atomic mass is 16.7. The molecule has 0 aliphatic rings. The zero-order chi connectivity index (χ0) is 12.8. The molecule has 0 aromatic heterocycles. The molecule has 0 fully saturated rings. The monoisotopic (exact) mass is 241 g/mol. The summed E-state index contributed by atoms with van der Waals surface area (Å²) in [4.78, 5) is 11.7. The molecule has 6 nitrogen and oxygen atoms in total. The molecule has 0 bridgehead atoms. The van der Waals surface area contributed by atoms with Gasteiger partial charge in [-0.05, 0) is 6.07 Å². The third-order valence-corrected chi connectivity index (χ3v) is 2.10. The molecule has 0 amide bonds. The zero-order valence-electron chi connectivity index (χ0n) is 9.98. The minimum absolute atomic E-state index is 0.141. The Morgan fingerprint density at radius 3 is 2.47 bits per heavy atom. The Morgan fingerprint density at radius 2 is 1.94 bits per heavy atom. The number of rotatable bonds is 5. The highest BCUT2D eigenvalue weighted by Crippen LogP contribution is 2.31. The highest BCUT2D eigenvalue weighted by Gasteiger charge is 2.17. The van der Waals surface area contributed by atoms with Crippen molar-refractivity contribution in [3.05, 3.63) is 17.7 Å². The largest absolute Gasteiger partial charge is 0.497 e. The number of methoxy groups -OCH3 is 3. The number of carbonyl (C=O) groups is 1. The van der Waals surface area contributed by atoms with Gasteiger partial charge in [-0.25, -0.2) is 4.79 Å². The molecule has 0 aliphatic heterocycles. The lowest BCUT2D eigenvalue weighted by atomic mass is 10.1. The predicted octanol–water partition coefficient (Wildman–Crippen LogP) is 1.05. The fourth-order valence-corrected chi connectivity index (χ4v) is 1.25. The molecule has 6 heteroatoms. The quantitative estimate of drug-likeness (QED) is 0.471. The zero-order valence-corrected chi connectivity index (χ0v) is 9.98. The summed E-state index contributed by atoms with van der Waals surface area (Å²) >= 11 is 0. The third kappa shape index (κ3) is 3.01. The van der Waals surface area contributed by atoms with Gasteiger partial charge < -0.3 is 24.7 Å². The van der Waals surface area contributed by atoms with Crippen molar-refractivity contribution in [2.45, 2.75) is 0 Å². The summed E-state index contributed by atoms with van der Waals surface area (Å²) in [6.45, 7) is -0.141. The second kappa shape index (κ2) is 5.95. The van der Waals surface area contributed by atoms with Gasteiger partial charge in [-0.1, -0.05) is 0 Å². The molecule has 17 heavy (non-hydrogen) atoms. The second-order valence-electron chi connectivity index (χ2n) is 3.13. The van der Waals surface area contributed by atoms with Crippen molar-refractivity contribution in [1.82, 2.24) is 0 Å². The standard InChI is InChI=1S/C11H15NO5/c1-14-6-17-11(13)8-4-7(15-2)5-9(16-3)10(8)12/h4-5H,6,12H2,1-3H3. The molecule has 2 N–H and O–H groups in total. The van der Waals surface area contributed by atoms with Gasteiger partial charge in [-0.15, -0.1) is 0 Å². The number of hydrogen-bond acceptors (Lipinski definition) is 6. The Kier molecular flexibility index (Phi) is 4.59. The smallest absolute Gasteiger partial charge is 0.342 e. The number of nitrogens with two attached hydrogens (primary N) is 1. The maximum atomic E-state index is 11.7. The Hall–Kier alpha value is -1.95. The first-order valence-corrected chi connectivity index (χ1v) is 4.81. The van der Waals surface area contributed by atoms with Crippen LogP contribution in [0.2, 0.25) is 0 Å². The molecule has 1 aromatic carbocycles. The van der Waals surface area contributed by atoms with Crippen LogP contribution in [0.1, 0.15) is 10.4 Å². The average Bonchev–Trinajstić information content (AvgIpc) is 2.36. The Morgan fingerprint density at radius 1 is 1.24 bits per heavy atom. The summed E-state index contributed by atoms with van der Waals surface area (Å²) in [6, 6.07) is 3.07. The average molecular weight is 241 g/mol. The number of carbonyl (C=O) groups excluding carboxylic acids is 1. The highest BCUT2D eigenvalue weighted by molar-refractivity contribution is 5.97. The molecule has 0 atom stereocenters. The van der Waals surface area contributed by atoms with Crippen LogP contribution in [0.3, 0.4) is 0 Å². The van der Waals surface area contributed by atoms with Gasteiger partial charge >= 0.3 is 5.97 Å². The molecule has 94 valence electrons. The van der Waals surface area contributed by atoms with Gasteiger partial charge in [0, 0.05) is 13.2 Å². The maximum Gasteiger partial charge on any atom is 0.342 e. The molecule has 0 spiro atoms. The summed E-state index contributed by atoms with van der Waals surface area (Å²) in [5.74, 6) is 0.218. The van der Waals surface area contributed by atoms with E-state index in [-0.39, 0.29) is 18.0 Å². The predicted molar refractivity (Wildman–Crippen MR) is 61.2 cm³/mol. The number of esters is 1. The van der Waals surface area contributed by atoms with E-state index >= 15 is 0 Å². The number of hydrogen-bond donors (Lipinski definition) is 1. The maximum absolute atomic E-state index is 11.7. The van der Waals surface area contributed by atoms with Crippen molar-refractivity contribution < 1.29 is 23.7 Å². The van der Waals surface area contributed by atoms with E-state index in [1.807, 2.05) is 0 Å². The topological polar surface area (TPSA) is 80.0 Å². The summed E-state index contributed by atoms with van der Waals surface area (Å²) in [6.07, 6.45) is 0. The van der Waals surface area contributed by atoms with E-state index < -0.39 is 5.97 Å². The lowest BCUT2D eigenvalue weighted by Crippen LogP contribution is -2.11. The number of nitrogen functional groups attached to an aromatic ring is 1. The van der Waals surface area contributed by atoms with Gasteiger partial charge in [0.2, 0.25) is 0 Å². The van der Waals surface area contributed by atoms with E-state index in [0.717, 1.165) is 0 Å². The first-order chi connectivity index (χ1) is 8.13. The van der Waals surface area contributed by atoms with Crippen molar-refractivity contribution in [2.24, 2.45) is 0 Å². The van der Waals surface area contributed by atoms with E-state index in [0.29, 0.717) is 11.5 Å². The fraction of sp³-hybridized carbons (Fsp3) is 0.364. The minimum atomic E-state index is -0.596. The number of anilines is 1. The van der Waals surface area contributed by atoms with Crippen LogP contribution in [0.5, 0.6) is 11.5 Å². The van der Waals surface area contributed by atoms with E-state index in [4.69, 9.17) is 19.9 Å². The summed E-state index contributed by atoms with van der Waals surface area (Å²) in [5.41, 5.74) is 6.15. The van der Waals surface area contributed by atoms with E-state index in [1.54, 1.807) is 6.07 Å². The molecule has 0 aliphatic carbocycles. The molecule has 1 rings (SSSR count). The molecule has 0 radical (unpaired) electrons. The number of ether oxygens (including phenoxy) is 4. The van der Waals surface area contributed by atoms with Gasteiger partial charge in [0.25, 0.3) is 0 Å². The second-order valence-corrected chi connectivity index (χ2v) is 3.13. The summed E-state index contributed by atoms with van der Waals surface area (Å²) in [5, 5.41) is 0. The van der Waals surface area contributed by atoms with Gasteiger partial charge in [-0.2, -0.15) is 0 Å². The third-order valence-electron chi connectivity index (χ3n) is 2.10. The SMILES string of the molecule is COCOC(=O)c1cc(OC)cc(OC)c1N. The molecule has 0 heterocycles. The lowest BCUT2D eigenvalue weighted by molar-refractivity contribution is -0.0124. The number of benzene rings is 1. The molecule has 1 aromatic rings. The van der Waals surface area contributed by atoms with Crippen LogP contribution in [0, 0.1) is 0 Å². The minimum Gasteiger partial charge on any atom is -0.497 e. The van der Waals surface area contributed by atoms with Crippen molar-refractivity contribution in [3.8, 4) is 11.5 Å². The van der Waals surface area contributed by atoms with E-state index in [2.05, 4.69) is 4.74 Å².